The summed E-state index contributed by atoms with van der Waals surface area (Å²) in [6.07, 6.45) is 0.764. The van der Waals surface area contributed by atoms with Crippen LogP contribution in [0.1, 0.15) is 16.8 Å². The van der Waals surface area contributed by atoms with Gasteiger partial charge in [-0.1, -0.05) is 15.9 Å². The lowest BCUT2D eigenvalue weighted by molar-refractivity contribution is 0.0999. The van der Waals surface area contributed by atoms with Gasteiger partial charge >= 0.3 is 0 Å². The van der Waals surface area contributed by atoms with Gasteiger partial charge in [0.15, 0.2) is 11.6 Å². The summed E-state index contributed by atoms with van der Waals surface area (Å²) >= 11 is 3.23. The molecule has 1 amide bonds. The van der Waals surface area contributed by atoms with Crippen molar-refractivity contribution in [3.8, 4) is 5.75 Å². The molecule has 0 bridgehead atoms. The summed E-state index contributed by atoms with van der Waals surface area (Å²) in [5.41, 5.74) is 5.30. The zero-order valence-corrected chi connectivity index (χ0v) is 9.59. The lowest BCUT2D eigenvalue weighted by atomic mass is 10.2. The number of carbonyl (C=O) groups excluding carboxylic acids is 1. The van der Waals surface area contributed by atoms with Crippen LogP contribution >= 0.6 is 15.9 Å². The van der Waals surface area contributed by atoms with Crippen molar-refractivity contribution in [3.05, 3.63) is 29.6 Å². The third kappa shape index (κ3) is 3.51. The number of rotatable bonds is 5. The van der Waals surface area contributed by atoms with Gasteiger partial charge in [-0.25, -0.2) is 4.39 Å². The molecule has 1 aromatic carbocycles. The number of hydrogen-bond donors (Lipinski definition) is 1. The van der Waals surface area contributed by atoms with E-state index < -0.39 is 11.7 Å². The predicted molar refractivity (Wildman–Crippen MR) is 58.8 cm³/mol. The Labute approximate surface area is 95.5 Å². The molecule has 0 saturated carbocycles. The molecule has 0 spiro atoms. The molecule has 0 unspecified atom stereocenters. The van der Waals surface area contributed by atoms with Crippen LogP contribution < -0.4 is 10.5 Å². The first-order chi connectivity index (χ1) is 7.15. The van der Waals surface area contributed by atoms with Crippen LogP contribution in [0.3, 0.4) is 0 Å². The van der Waals surface area contributed by atoms with Crippen molar-refractivity contribution in [3.63, 3.8) is 0 Å². The molecule has 0 fully saturated rings. The average Bonchev–Trinajstić information content (AvgIpc) is 2.20. The van der Waals surface area contributed by atoms with E-state index in [1.807, 2.05) is 0 Å². The van der Waals surface area contributed by atoms with Gasteiger partial charge in [-0.05, 0) is 24.6 Å². The maximum absolute atomic E-state index is 13.2. The third-order valence-electron chi connectivity index (χ3n) is 1.75. The third-order valence-corrected chi connectivity index (χ3v) is 2.31. The summed E-state index contributed by atoms with van der Waals surface area (Å²) in [6.45, 7) is 0.393. The first-order valence-electron chi connectivity index (χ1n) is 4.43. The zero-order chi connectivity index (χ0) is 11.3. The van der Waals surface area contributed by atoms with Gasteiger partial charge in [0.25, 0.3) is 0 Å². The molecule has 82 valence electrons. The summed E-state index contributed by atoms with van der Waals surface area (Å²) in [5.74, 6) is -1.03. The molecule has 0 aliphatic carbocycles. The molecule has 0 saturated heterocycles. The molecule has 0 aliphatic heterocycles. The number of benzene rings is 1. The van der Waals surface area contributed by atoms with E-state index >= 15 is 0 Å². The molecule has 0 atom stereocenters. The quantitative estimate of drug-likeness (QED) is 0.661. The fraction of sp³-hybridized carbons (Fsp3) is 0.300. The van der Waals surface area contributed by atoms with Gasteiger partial charge in [0.1, 0.15) is 0 Å². The number of ether oxygens (including phenoxy) is 1. The first kappa shape index (κ1) is 12.0. The highest BCUT2D eigenvalue weighted by Gasteiger charge is 2.07. The van der Waals surface area contributed by atoms with Crippen LogP contribution in [0.15, 0.2) is 18.2 Å². The number of carbonyl (C=O) groups is 1. The molecule has 15 heavy (non-hydrogen) atoms. The van der Waals surface area contributed by atoms with E-state index in [-0.39, 0.29) is 11.3 Å². The standard InChI is InChI=1S/C10H11BrFNO2/c11-4-1-5-15-9-6-7(10(13)14)2-3-8(9)12/h2-3,6H,1,4-5H2,(H2,13,14). The van der Waals surface area contributed by atoms with Gasteiger partial charge in [0.05, 0.1) is 6.61 Å². The first-order valence-corrected chi connectivity index (χ1v) is 5.55. The molecule has 2 N–H and O–H groups in total. The largest absolute Gasteiger partial charge is 0.490 e. The van der Waals surface area contributed by atoms with Crippen LogP contribution in [0.25, 0.3) is 0 Å². The van der Waals surface area contributed by atoms with Crippen molar-refractivity contribution in [2.24, 2.45) is 5.73 Å². The molecule has 1 rings (SSSR count). The second-order valence-electron chi connectivity index (χ2n) is 2.90. The molecule has 3 nitrogen and oxygen atoms in total. The van der Waals surface area contributed by atoms with Crippen molar-refractivity contribution in [1.29, 1.82) is 0 Å². The fourth-order valence-electron chi connectivity index (χ4n) is 1.00. The molecular formula is C10H11BrFNO2. The smallest absolute Gasteiger partial charge is 0.248 e. The van der Waals surface area contributed by atoms with Crippen molar-refractivity contribution >= 4 is 21.8 Å². The topological polar surface area (TPSA) is 52.3 Å². The van der Waals surface area contributed by atoms with Crippen molar-refractivity contribution in [2.45, 2.75) is 6.42 Å². The lowest BCUT2D eigenvalue weighted by Crippen LogP contribution is -2.11. The Morgan fingerprint density at radius 2 is 2.27 bits per heavy atom. The summed E-state index contributed by atoms with van der Waals surface area (Å²) in [6, 6.07) is 3.81. The van der Waals surface area contributed by atoms with Gasteiger partial charge in [-0.2, -0.15) is 0 Å². The molecule has 0 aromatic heterocycles. The number of alkyl halides is 1. The molecule has 1 aromatic rings. The fourth-order valence-corrected chi connectivity index (χ4v) is 1.23. The van der Waals surface area contributed by atoms with E-state index in [2.05, 4.69) is 15.9 Å². The molecule has 0 heterocycles. The van der Waals surface area contributed by atoms with Gasteiger partial charge in [-0.15, -0.1) is 0 Å². The van der Waals surface area contributed by atoms with Gasteiger partial charge in [0.2, 0.25) is 5.91 Å². The van der Waals surface area contributed by atoms with E-state index in [0.29, 0.717) is 6.61 Å². The van der Waals surface area contributed by atoms with E-state index in [4.69, 9.17) is 10.5 Å². The zero-order valence-electron chi connectivity index (χ0n) is 8.00. The molecular weight excluding hydrogens is 265 g/mol. The minimum atomic E-state index is -0.597. The normalized spacial score (nSPS) is 10.0. The summed E-state index contributed by atoms with van der Waals surface area (Å²) in [7, 11) is 0. The Kier molecular flexibility index (Phi) is 4.55. The van der Waals surface area contributed by atoms with Crippen molar-refractivity contribution in [1.82, 2.24) is 0 Å². The lowest BCUT2D eigenvalue weighted by Gasteiger charge is -2.07. The minimum Gasteiger partial charge on any atom is -0.490 e. The Bertz CT molecular complexity index is 357. The monoisotopic (exact) mass is 275 g/mol. The molecule has 0 radical (unpaired) electrons. The maximum Gasteiger partial charge on any atom is 0.248 e. The van der Waals surface area contributed by atoms with Gasteiger partial charge < -0.3 is 10.5 Å². The van der Waals surface area contributed by atoms with E-state index in [1.165, 1.54) is 18.2 Å². The summed E-state index contributed by atoms with van der Waals surface area (Å²) in [4.78, 5) is 10.8. The Morgan fingerprint density at radius 1 is 1.53 bits per heavy atom. The van der Waals surface area contributed by atoms with Crippen molar-refractivity contribution < 1.29 is 13.9 Å². The van der Waals surface area contributed by atoms with Crippen LogP contribution in [0, 0.1) is 5.82 Å². The number of nitrogens with two attached hydrogens (primary N) is 1. The molecule has 5 heteroatoms. The van der Waals surface area contributed by atoms with E-state index in [9.17, 15) is 9.18 Å². The van der Waals surface area contributed by atoms with Crippen LogP contribution in [0.2, 0.25) is 0 Å². The van der Waals surface area contributed by atoms with E-state index in [1.54, 1.807) is 0 Å². The molecule has 0 aliphatic rings. The Balaban J connectivity index is 2.76. The highest BCUT2D eigenvalue weighted by atomic mass is 79.9. The average molecular weight is 276 g/mol. The van der Waals surface area contributed by atoms with Crippen LogP contribution in [-0.4, -0.2) is 17.8 Å². The summed E-state index contributed by atoms with van der Waals surface area (Å²) < 4.78 is 18.3. The second-order valence-corrected chi connectivity index (χ2v) is 3.69. The predicted octanol–water partition coefficient (Wildman–Crippen LogP) is 2.09. The number of amides is 1. The SMILES string of the molecule is NC(=O)c1ccc(F)c(OCCCBr)c1. The van der Waals surface area contributed by atoms with Gasteiger partial charge in [0, 0.05) is 10.9 Å². The summed E-state index contributed by atoms with van der Waals surface area (Å²) in [5, 5.41) is 0.782. The number of halogens is 2. The van der Waals surface area contributed by atoms with E-state index in [0.717, 1.165) is 11.8 Å². The second kappa shape index (κ2) is 5.70. The van der Waals surface area contributed by atoms with Crippen LogP contribution in [-0.2, 0) is 0 Å². The van der Waals surface area contributed by atoms with Crippen LogP contribution in [0.5, 0.6) is 5.75 Å². The number of primary amides is 1. The highest BCUT2D eigenvalue weighted by Crippen LogP contribution is 2.18. The number of hydrogen-bond acceptors (Lipinski definition) is 2. The van der Waals surface area contributed by atoms with Gasteiger partial charge in [-0.3, -0.25) is 4.79 Å². The highest BCUT2D eigenvalue weighted by molar-refractivity contribution is 9.09. The van der Waals surface area contributed by atoms with Crippen LogP contribution in [0.4, 0.5) is 4.39 Å². The maximum atomic E-state index is 13.2. The van der Waals surface area contributed by atoms with Crippen molar-refractivity contribution in [2.75, 3.05) is 11.9 Å². The Hall–Kier alpha value is -1.10. The Morgan fingerprint density at radius 3 is 2.87 bits per heavy atom. The minimum absolute atomic E-state index is 0.0623.